The molecule has 2 fully saturated rings. The number of carbonyl (C=O) groups excluding carboxylic acids is 2. The highest BCUT2D eigenvalue weighted by molar-refractivity contribution is 5.94. The van der Waals surface area contributed by atoms with E-state index < -0.39 is 29.2 Å². The van der Waals surface area contributed by atoms with Gasteiger partial charge in [-0.1, -0.05) is 40.5 Å². The first kappa shape index (κ1) is 20.3. The lowest BCUT2D eigenvalue weighted by molar-refractivity contribution is -0.226. The molecule has 6 nitrogen and oxygen atoms in total. The molecular weight excluding hydrogens is 348 g/mol. The van der Waals surface area contributed by atoms with E-state index in [1.807, 2.05) is 0 Å². The van der Waals surface area contributed by atoms with Gasteiger partial charge in [-0.05, 0) is 30.8 Å². The summed E-state index contributed by atoms with van der Waals surface area (Å²) in [6, 6.07) is 0. The van der Waals surface area contributed by atoms with Crippen molar-refractivity contribution in [2.45, 2.75) is 84.0 Å². The van der Waals surface area contributed by atoms with Gasteiger partial charge in [0.05, 0.1) is 11.7 Å². The van der Waals surface area contributed by atoms with Gasteiger partial charge in [0, 0.05) is 17.8 Å². The Balaban J connectivity index is 2.00. The van der Waals surface area contributed by atoms with Crippen molar-refractivity contribution in [3.63, 3.8) is 0 Å². The molecule has 1 aliphatic heterocycles. The molecule has 152 valence electrons. The van der Waals surface area contributed by atoms with Crippen molar-refractivity contribution < 1.29 is 29.3 Å². The van der Waals surface area contributed by atoms with E-state index in [1.54, 1.807) is 13.0 Å². The third kappa shape index (κ3) is 3.01. The Hall–Kier alpha value is -1.40. The molecule has 0 aromatic rings. The standard InChI is InChI=1S/C21H32O6/c1-5-6-7-8-16(23)27-14-11-13-18(24)26-12-21(13,25)20(4)15(22)9-10-19(2,3)17(14)20/h11,14-15,17,22,25H,5-10,12H2,1-4H3/t14-,15+,17-,20-,21-/m1/s1. The second-order valence-electron chi connectivity index (χ2n) is 9.23. The summed E-state index contributed by atoms with van der Waals surface area (Å²) in [4.78, 5) is 24.7. The number of esters is 2. The van der Waals surface area contributed by atoms with Crippen LogP contribution in [0.25, 0.3) is 0 Å². The fraction of sp³-hybridized carbons (Fsp3) is 0.810. The fourth-order valence-electron chi connectivity index (χ4n) is 5.54. The molecule has 3 aliphatic rings. The van der Waals surface area contributed by atoms with Crippen LogP contribution in [0.15, 0.2) is 11.6 Å². The van der Waals surface area contributed by atoms with Crippen LogP contribution in [-0.4, -0.2) is 46.6 Å². The van der Waals surface area contributed by atoms with Crippen LogP contribution in [0.4, 0.5) is 0 Å². The maximum absolute atomic E-state index is 12.4. The van der Waals surface area contributed by atoms with E-state index in [0.717, 1.165) is 25.7 Å². The molecule has 0 aromatic carbocycles. The van der Waals surface area contributed by atoms with Crippen LogP contribution in [0, 0.1) is 16.7 Å². The third-order valence-electron chi connectivity index (χ3n) is 7.12. The van der Waals surface area contributed by atoms with Gasteiger partial charge in [-0.25, -0.2) is 4.79 Å². The second kappa shape index (κ2) is 6.89. The molecular formula is C21H32O6. The Labute approximate surface area is 160 Å². The number of aliphatic hydroxyl groups excluding tert-OH is 1. The van der Waals surface area contributed by atoms with Crippen molar-refractivity contribution in [1.82, 2.24) is 0 Å². The van der Waals surface area contributed by atoms with Crippen LogP contribution in [0.1, 0.15) is 66.2 Å². The fourth-order valence-corrected chi connectivity index (χ4v) is 5.54. The van der Waals surface area contributed by atoms with Gasteiger partial charge >= 0.3 is 11.9 Å². The molecule has 0 unspecified atom stereocenters. The number of rotatable bonds is 5. The summed E-state index contributed by atoms with van der Waals surface area (Å²) in [5.74, 6) is -1.23. The number of cyclic esters (lactones) is 1. The lowest BCUT2D eigenvalue weighted by atomic mass is 9.45. The molecule has 2 aliphatic carbocycles. The highest BCUT2D eigenvalue weighted by Crippen LogP contribution is 2.62. The molecule has 2 N–H and O–H groups in total. The van der Waals surface area contributed by atoms with E-state index in [9.17, 15) is 19.8 Å². The molecule has 1 heterocycles. The van der Waals surface area contributed by atoms with Crippen molar-refractivity contribution >= 4 is 11.9 Å². The molecule has 0 amide bonds. The summed E-state index contributed by atoms with van der Waals surface area (Å²) in [5, 5.41) is 22.4. The molecule has 0 aromatic heterocycles. The monoisotopic (exact) mass is 380 g/mol. The predicted molar refractivity (Wildman–Crippen MR) is 98.6 cm³/mol. The second-order valence-corrected chi connectivity index (χ2v) is 9.23. The minimum Gasteiger partial charge on any atom is -0.459 e. The summed E-state index contributed by atoms with van der Waals surface area (Å²) in [6.07, 6.45) is 4.40. The average Bonchev–Trinajstić information content (AvgIpc) is 2.88. The van der Waals surface area contributed by atoms with Gasteiger partial charge in [0.25, 0.3) is 0 Å². The van der Waals surface area contributed by atoms with E-state index in [4.69, 9.17) is 9.47 Å². The number of aliphatic hydroxyl groups is 2. The molecule has 27 heavy (non-hydrogen) atoms. The molecule has 1 saturated heterocycles. The first-order valence-corrected chi connectivity index (χ1v) is 10.1. The summed E-state index contributed by atoms with van der Waals surface area (Å²) in [6.45, 7) is 7.84. The summed E-state index contributed by atoms with van der Waals surface area (Å²) in [5.41, 5.74) is -2.79. The van der Waals surface area contributed by atoms with E-state index in [2.05, 4.69) is 20.8 Å². The Bertz CT molecular complexity index is 653. The topological polar surface area (TPSA) is 93.1 Å². The van der Waals surface area contributed by atoms with Gasteiger partial charge in [0.2, 0.25) is 0 Å². The van der Waals surface area contributed by atoms with Gasteiger partial charge in [0.15, 0.2) is 0 Å². The lowest BCUT2D eigenvalue weighted by Gasteiger charge is -2.61. The maximum atomic E-state index is 12.4. The Morgan fingerprint density at radius 2 is 2.04 bits per heavy atom. The van der Waals surface area contributed by atoms with Gasteiger partial charge in [-0.15, -0.1) is 0 Å². The molecule has 5 atom stereocenters. The summed E-state index contributed by atoms with van der Waals surface area (Å²) in [7, 11) is 0. The Morgan fingerprint density at radius 1 is 1.33 bits per heavy atom. The lowest BCUT2D eigenvalue weighted by Crippen LogP contribution is -2.68. The van der Waals surface area contributed by atoms with E-state index in [-0.39, 0.29) is 29.5 Å². The van der Waals surface area contributed by atoms with Crippen molar-refractivity contribution in [3.8, 4) is 0 Å². The zero-order valence-electron chi connectivity index (χ0n) is 16.8. The van der Waals surface area contributed by atoms with Crippen molar-refractivity contribution in [1.29, 1.82) is 0 Å². The van der Waals surface area contributed by atoms with Crippen molar-refractivity contribution in [2.75, 3.05) is 6.61 Å². The highest BCUT2D eigenvalue weighted by atomic mass is 16.6. The van der Waals surface area contributed by atoms with Crippen LogP contribution in [0.3, 0.4) is 0 Å². The van der Waals surface area contributed by atoms with Crippen LogP contribution in [-0.2, 0) is 19.1 Å². The smallest absolute Gasteiger partial charge is 0.337 e. The zero-order chi connectivity index (χ0) is 20.0. The van der Waals surface area contributed by atoms with Crippen molar-refractivity contribution in [2.24, 2.45) is 16.7 Å². The van der Waals surface area contributed by atoms with Crippen LogP contribution >= 0.6 is 0 Å². The predicted octanol–water partition coefficient (Wildman–Crippen LogP) is 2.51. The number of hydrogen-bond acceptors (Lipinski definition) is 6. The van der Waals surface area contributed by atoms with E-state index in [0.29, 0.717) is 12.8 Å². The van der Waals surface area contributed by atoms with Gasteiger partial charge in [0.1, 0.15) is 18.3 Å². The molecule has 0 bridgehead atoms. The SMILES string of the molecule is CCCCCC(=O)O[C@@H]1C=C2C(=O)OC[C@]2(O)[C@@]2(C)[C@H]1C(C)(C)CC[C@@H]2O. The van der Waals surface area contributed by atoms with Crippen LogP contribution < -0.4 is 0 Å². The normalized spacial score (nSPS) is 39.9. The van der Waals surface area contributed by atoms with Crippen molar-refractivity contribution in [3.05, 3.63) is 11.6 Å². The van der Waals surface area contributed by atoms with Gasteiger partial charge in [-0.2, -0.15) is 0 Å². The minimum atomic E-state index is -1.57. The number of fused-ring (bicyclic) bond motifs is 3. The van der Waals surface area contributed by atoms with Gasteiger partial charge in [-0.3, -0.25) is 4.79 Å². The molecule has 3 rings (SSSR count). The molecule has 0 spiro atoms. The third-order valence-corrected chi connectivity index (χ3v) is 7.12. The number of hydrogen-bond donors (Lipinski definition) is 2. The summed E-state index contributed by atoms with van der Waals surface area (Å²) >= 11 is 0. The largest absolute Gasteiger partial charge is 0.459 e. The summed E-state index contributed by atoms with van der Waals surface area (Å²) < 4.78 is 11.0. The number of unbranched alkanes of at least 4 members (excludes halogenated alkanes) is 2. The van der Waals surface area contributed by atoms with Gasteiger partial charge < -0.3 is 19.7 Å². The highest BCUT2D eigenvalue weighted by Gasteiger charge is 2.70. The quantitative estimate of drug-likeness (QED) is 0.562. The molecule has 6 heteroatoms. The minimum absolute atomic E-state index is 0.115. The molecule has 1 saturated carbocycles. The first-order valence-electron chi connectivity index (χ1n) is 10.1. The van der Waals surface area contributed by atoms with Crippen LogP contribution in [0.5, 0.6) is 0 Å². The molecule has 0 radical (unpaired) electrons. The van der Waals surface area contributed by atoms with Crippen LogP contribution in [0.2, 0.25) is 0 Å². The first-order chi connectivity index (χ1) is 12.6. The zero-order valence-corrected chi connectivity index (χ0v) is 16.8. The number of carbonyl (C=O) groups is 2. The Kier molecular flexibility index (Phi) is 5.19. The van der Waals surface area contributed by atoms with E-state index in [1.165, 1.54) is 0 Å². The maximum Gasteiger partial charge on any atom is 0.337 e. The average molecular weight is 380 g/mol. The van der Waals surface area contributed by atoms with E-state index >= 15 is 0 Å². The Morgan fingerprint density at radius 3 is 2.70 bits per heavy atom. The number of ether oxygens (including phenoxy) is 2.